The van der Waals surface area contributed by atoms with E-state index in [1.165, 1.54) is 54.9 Å². The molecule has 0 saturated carbocycles. The topological polar surface area (TPSA) is 25.8 Å². The molecule has 0 bridgehead atoms. The van der Waals surface area contributed by atoms with Crippen molar-refractivity contribution >= 4 is 18.4 Å². The zero-order valence-electron chi connectivity index (χ0n) is 28.7. The van der Waals surface area contributed by atoms with Crippen LogP contribution in [-0.4, -0.2) is 18.0 Å². The van der Waals surface area contributed by atoms with Gasteiger partial charge in [0.15, 0.2) is 5.82 Å². The first-order chi connectivity index (χ1) is 25.0. The summed E-state index contributed by atoms with van der Waals surface area (Å²) in [6.45, 7) is 4.95. The van der Waals surface area contributed by atoms with Gasteiger partial charge in [-0.1, -0.05) is 189 Å². The molecule has 1 aliphatic heterocycles. The van der Waals surface area contributed by atoms with E-state index in [2.05, 4.69) is 183 Å². The molecular weight excluding hydrogens is 633 g/mol. The Morgan fingerprint density at radius 3 is 1.35 bits per heavy atom. The van der Waals surface area contributed by atoms with Crippen molar-refractivity contribution in [2.45, 2.75) is 13.1 Å². The summed E-state index contributed by atoms with van der Waals surface area (Å²) in [5.41, 5.74) is 15.1. The number of hydrogen-bond donors (Lipinski definition) is 0. The van der Waals surface area contributed by atoms with Gasteiger partial charge in [0.1, 0.15) is 8.07 Å². The van der Waals surface area contributed by atoms with Crippen LogP contribution < -0.4 is 10.4 Å². The predicted molar refractivity (Wildman–Crippen MR) is 217 cm³/mol. The monoisotopic (exact) mass is 668 g/mol. The second-order valence-electron chi connectivity index (χ2n) is 13.8. The molecule has 0 N–H and O–H groups in total. The first-order valence-corrected chi connectivity index (χ1v) is 20.6. The summed E-state index contributed by atoms with van der Waals surface area (Å²) in [6.07, 6.45) is 0. The van der Waals surface area contributed by atoms with Crippen molar-refractivity contribution < 1.29 is 0 Å². The Balaban J connectivity index is 1.03. The maximum absolute atomic E-state index is 5.10. The highest BCUT2D eigenvalue weighted by Crippen LogP contribution is 2.37. The average molecular weight is 669 g/mol. The van der Waals surface area contributed by atoms with E-state index in [1.54, 1.807) is 0 Å². The Morgan fingerprint density at radius 1 is 0.333 bits per heavy atom. The van der Waals surface area contributed by atoms with Gasteiger partial charge in [0, 0.05) is 16.7 Å². The fourth-order valence-corrected chi connectivity index (χ4v) is 10.7. The van der Waals surface area contributed by atoms with Crippen molar-refractivity contribution in [2.75, 3.05) is 0 Å². The summed E-state index contributed by atoms with van der Waals surface area (Å²) in [4.78, 5) is 10.1. The molecule has 9 rings (SSSR count). The van der Waals surface area contributed by atoms with Crippen LogP contribution in [0.1, 0.15) is 0 Å². The average Bonchev–Trinajstić information content (AvgIpc) is 3.45. The molecular formula is C48H36N2Si. The third kappa shape index (κ3) is 5.62. The normalized spacial score (nSPS) is 12.7. The third-order valence-electron chi connectivity index (χ3n) is 10.4. The lowest BCUT2D eigenvalue weighted by molar-refractivity contribution is 1.18. The van der Waals surface area contributed by atoms with E-state index in [0.717, 1.165) is 28.1 Å². The maximum atomic E-state index is 5.10. The highest BCUT2D eigenvalue weighted by molar-refractivity contribution is 7.04. The van der Waals surface area contributed by atoms with Crippen LogP contribution in [0.3, 0.4) is 0 Å². The molecule has 2 nitrogen and oxygen atoms in total. The molecule has 51 heavy (non-hydrogen) atoms. The van der Waals surface area contributed by atoms with Gasteiger partial charge in [0.25, 0.3) is 0 Å². The van der Waals surface area contributed by atoms with Crippen LogP contribution in [0.25, 0.3) is 78.4 Å². The zero-order chi connectivity index (χ0) is 34.4. The Morgan fingerprint density at radius 2 is 0.745 bits per heavy atom. The van der Waals surface area contributed by atoms with E-state index in [0.29, 0.717) is 5.82 Å². The van der Waals surface area contributed by atoms with E-state index in [1.807, 2.05) is 12.1 Å². The minimum Gasteiger partial charge on any atom is -0.228 e. The summed E-state index contributed by atoms with van der Waals surface area (Å²) >= 11 is 0. The Labute approximate surface area is 300 Å². The molecule has 8 aromatic rings. The van der Waals surface area contributed by atoms with Gasteiger partial charge < -0.3 is 0 Å². The highest BCUT2D eigenvalue weighted by Gasteiger charge is 2.38. The third-order valence-corrected chi connectivity index (χ3v) is 13.9. The van der Waals surface area contributed by atoms with Crippen LogP contribution in [0.4, 0.5) is 0 Å². The molecule has 1 aromatic heterocycles. The summed E-state index contributed by atoms with van der Waals surface area (Å²) in [5, 5.41) is 3.07. The maximum Gasteiger partial charge on any atom is 0.160 e. The van der Waals surface area contributed by atoms with E-state index in [9.17, 15) is 0 Å². The molecule has 0 saturated heterocycles. The standard InChI is InChI=1S/C48H36N2Si/c1-51(2)45-18-10-9-16-42(45)47-41(17-11-19-46(47)51)37-26-20-35(21-27-37)36-22-28-39(29-23-36)44-32-43(38-14-7-4-8-15-38)49-48(50-44)40-30-24-34(25-31-40)33-12-5-3-6-13-33/h3-32H,1-2H3. The largest absolute Gasteiger partial charge is 0.228 e. The van der Waals surface area contributed by atoms with Gasteiger partial charge in [-0.25, -0.2) is 9.97 Å². The van der Waals surface area contributed by atoms with Gasteiger partial charge in [-0.3, -0.25) is 0 Å². The molecule has 0 amide bonds. The van der Waals surface area contributed by atoms with Gasteiger partial charge in [-0.2, -0.15) is 0 Å². The first kappa shape index (κ1) is 30.9. The minimum atomic E-state index is -1.71. The van der Waals surface area contributed by atoms with Crippen molar-refractivity contribution in [3.8, 4) is 78.4 Å². The Hall–Kier alpha value is -6.16. The number of rotatable bonds is 6. The van der Waals surface area contributed by atoms with E-state index >= 15 is 0 Å². The lowest BCUT2D eigenvalue weighted by Gasteiger charge is -2.19. The van der Waals surface area contributed by atoms with E-state index in [-0.39, 0.29) is 0 Å². The lowest BCUT2D eigenvalue weighted by atomic mass is 9.93. The molecule has 0 aliphatic carbocycles. The van der Waals surface area contributed by atoms with Gasteiger partial charge in [0.2, 0.25) is 0 Å². The van der Waals surface area contributed by atoms with Crippen LogP contribution in [0.2, 0.25) is 13.1 Å². The Kier molecular flexibility index (Phi) is 7.64. The number of nitrogens with zero attached hydrogens (tertiary/aromatic N) is 2. The quantitative estimate of drug-likeness (QED) is 0.165. The molecule has 1 aliphatic rings. The van der Waals surface area contributed by atoms with Gasteiger partial charge in [-0.05, 0) is 60.9 Å². The second-order valence-corrected chi connectivity index (χ2v) is 18.2. The van der Waals surface area contributed by atoms with Gasteiger partial charge in [0.05, 0.1) is 11.4 Å². The molecule has 0 fully saturated rings. The fourth-order valence-electron chi connectivity index (χ4n) is 7.59. The summed E-state index contributed by atoms with van der Waals surface area (Å²) < 4.78 is 0. The van der Waals surface area contributed by atoms with Crippen LogP contribution in [0.5, 0.6) is 0 Å². The van der Waals surface area contributed by atoms with Crippen LogP contribution in [0.15, 0.2) is 182 Å². The molecule has 0 atom stereocenters. The number of hydrogen-bond acceptors (Lipinski definition) is 2. The summed E-state index contributed by atoms with van der Waals surface area (Å²) in [5.74, 6) is 0.715. The first-order valence-electron chi connectivity index (χ1n) is 17.6. The molecule has 0 radical (unpaired) electrons. The summed E-state index contributed by atoms with van der Waals surface area (Å²) in [6, 6.07) is 65.1. The van der Waals surface area contributed by atoms with E-state index in [4.69, 9.17) is 9.97 Å². The Bertz CT molecular complexity index is 2500. The van der Waals surface area contributed by atoms with Crippen molar-refractivity contribution in [2.24, 2.45) is 0 Å². The van der Waals surface area contributed by atoms with Crippen LogP contribution in [-0.2, 0) is 0 Å². The predicted octanol–water partition coefficient (Wildman–Crippen LogP) is 11.3. The number of aromatic nitrogens is 2. The fraction of sp³-hybridized carbons (Fsp3) is 0.0417. The molecule has 242 valence electrons. The van der Waals surface area contributed by atoms with Crippen LogP contribution >= 0.6 is 0 Å². The van der Waals surface area contributed by atoms with Gasteiger partial charge >= 0.3 is 0 Å². The van der Waals surface area contributed by atoms with Crippen molar-refractivity contribution in [3.05, 3.63) is 182 Å². The van der Waals surface area contributed by atoms with Crippen LogP contribution in [0, 0.1) is 0 Å². The van der Waals surface area contributed by atoms with Gasteiger partial charge in [-0.15, -0.1) is 0 Å². The van der Waals surface area contributed by atoms with Crippen molar-refractivity contribution in [1.29, 1.82) is 0 Å². The summed E-state index contributed by atoms with van der Waals surface area (Å²) in [7, 11) is -1.71. The second kappa shape index (κ2) is 12.6. The smallest absolute Gasteiger partial charge is 0.160 e. The highest BCUT2D eigenvalue weighted by atomic mass is 28.3. The van der Waals surface area contributed by atoms with Crippen molar-refractivity contribution in [3.63, 3.8) is 0 Å². The number of fused-ring (bicyclic) bond motifs is 3. The lowest BCUT2D eigenvalue weighted by Crippen LogP contribution is -2.49. The minimum absolute atomic E-state index is 0.715. The van der Waals surface area contributed by atoms with Crippen molar-refractivity contribution in [1.82, 2.24) is 9.97 Å². The molecule has 7 aromatic carbocycles. The van der Waals surface area contributed by atoms with E-state index < -0.39 is 8.07 Å². The molecule has 0 spiro atoms. The molecule has 3 heteroatoms. The molecule has 0 unspecified atom stereocenters. The SMILES string of the molecule is C[Si]1(C)c2ccccc2-c2c(-c3ccc(-c4ccc(-c5cc(-c6ccccc6)nc(-c6ccc(-c7ccccc7)cc6)n5)cc4)cc3)cccc21. The number of benzene rings is 7. The molecule has 2 heterocycles. The zero-order valence-corrected chi connectivity index (χ0v) is 29.7.